The van der Waals surface area contributed by atoms with Crippen LogP contribution in [0.3, 0.4) is 0 Å². The number of ether oxygens (including phenoxy) is 3. The number of methoxy groups -OCH3 is 1. The molecule has 2 amide bonds. The lowest BCUT2D eigenvalue weighted by atomic mass is 9.79. The van der Waals surface area contributed by atoms with Crippen molar-refractivity contribution in [2.75, 3.05) is 37.1 Å². The number of hydrogen-bond donors (Lipinski definition) is 1. The molecule has 0 bridgehead atoms. The molecular formula is C29H38N2O5. The van der Waals surface area contributed by atoms with Gasteiger partial charge in [-0.05, 0) is 80.5 Å². The SMILES string of the molecule is CCCCC1CCC(C(=O)Nc2ccc3c(c2)N(CCCOc2ccc(OC)cc2)C(=O)CO3)CC1. The lowest BCUT2D eigenvalue weighted by molar-refractivity contribution is -0.121. The topological polar surface area (TPSA) is 77.1 Å². The molecule has 7 nitrogen and oxygen atoms in total. The van der Waals surface area contributed by atoms with Gasteiger partial charge in [-0.1, -0.05) is 26.2 Å². The summed E-state index contributed by atoms with van der Waals surface area (Å²) in [5.74, 6) is 2.99. The molecule has 1 fully saturated rings. The lowest BCUT2D eigenvalue weighted by Gasteiger charge is -2.30. The maximum Gasteiger partial charge on any atom is 0.265 e. The smallest absolute Gasteiger partial charge is 0.265 e. The fourth-order valence-corrected chi connectivity index (χ4v) is 5.06. The van der Waals surface area contributed by atoms with Gasteiger partial charge in [0.2, 0.25) is 5.91 Å². The molecule has 1 heterocycles. The number of nitrogens with zero attached hydrogens (tertiary/aromatic N) is 1. The first-order valence-corrected chi connectivity index (χ1v) is 13.2. The number of carbonyl (C=O) groups is 2. The van der Waals surface area contributed by atoms with Crippen LogP contribution in [-0.2, 0) is 9.59 Å². The first-order valence-electron chi connectivity index (χ1n) is 13.2. The number of nitrogens with one attached hydrogen (secondary N) is 1. The average molecular weight is 495 g/mol. The fourth-order valence-electron chi connectivity index (χ4n) is 5.06. The minimum absolute atomic E-state index is 0.0132. The van der Waals surface area contributed by atoms with E-state index in [1.165, 1.54) is 19.3 Å². The van der Waals surface area contributed by atoms with E-state index >= 15 is 0 Å². The second-order valence-corrected chi connectivity index (χ2v) is 9.74. The van der Waals surface area contributed by atoms with Gasteiger partial charge in [0.15, 0.2) is 6.61 Å². The Morgan fingerprint density at radius 3 is 2.53 bits per heavy atom. The quantitative estimate of drug-likeness (QED) is 0.398. The van der Waals surface area contributed by atoms with Gasteiger partial charge >= 0.3 is 0 Å². The number of fused-ring (bicyclic) bond motifs is 1. The standard InChI is InChI=1S/C29H38N2O5/c1-3-4-6-21-7-9-22(10-8-21)29(33)30-23-11-16-27-26(19-23)31(28(32)20-36-27)17-5-18-35-25-14-12-24(34-2)13-15-25/h11-16,19,21-22H,3-10,17-18,20H2,1-2H3,(H,30,33). The Bertz CT molecular complexity index is 1010. The summed E-state index contributed by atoms with van der Waals surface area (Å²) in [6.07, 6.45) is 8.63. The Balaban J connectivity index is 1.31. The zero-order chi connectivity index (χ0) is 25.3. The number of hydrogen-bond acceptors (Lipinski definition) is 5. The molecule has 194 valence electrons. The number of anilines is 2. The van der Waals surface area contributed by atoms with Gasteiger partial charge in [0, 0.05) is 18.2 Å². The van der Waals surface area contributed by atoms with Crippen LogP contribution in [0.25, 0.3) is 0 Å². The number of benzene rings is 2. The third-order valence-corrected chi connectivity index (χ3v) is 7.21. The molecule has 7 heteroatoms. The van der Waals surface area contributed by atoms with Crippen molar-refractivity contribution in [1.82, 2.24) is 0 Å². The maximum absolute atomic E-state index is 12.9. The van der Waals surface area contributed by atoms with Crippen molar-refractivity contribution in [3.63, 3.8) is 0 Å². The van der Waals surface area contributed by atoms with Crippen molar-refractivity contribution in [3.8, 4) is 17.2 Å². The number of rotatable bonds is 11. The molecule has 2 aliphatic rings. The molecule has 1 saturated carbocycles. The number of carbonyl (C=O) groups excluding carboxylic acids is 2. The van der Waals surface area contributed by atoms with Gasteiger partial charge in [0.1, 0.15) is 17.2 Å². The highest BCUT2D eigenvalue weighted by Crippen LogP contribution is 2.36. The third-order valence-electron chi connectivity index (χ3n) is 7.21. The van der Waals surface area contributed by atoms with Crippen molar-refractivity contribution in [2.45, 2.75) is 58.3 Å². The van der Waals surface area contributed by atoms with Crippen molar-refractivity contribution >= 4 is 23.2 Å². The minimum Gasteiger partial charge on any atom is -0.497 e. The molecular weight excluding hydrogens is 456 g/mol. The molecule has 0 radical (unpaired) electrons. The predicted molar refractivity (Wildman–Crippen MR) is 141 cm³/mol. The van der Waals surface area contributed by atoms with Gasteiger partial charge in [-0.15, -0.1) is 0 Å². The predicted octanol–water partition coefficient (Wildman–Crippen LogP) is 5.82. The molecule has 1 N–H and O–H groups in total. The summed E-state index contributed by atoms with van der Waals surface area (Å²) in [5.41, 5.74) is 1.39. The van der Waals surface area contributed by atoms with Crippen molar-refractivity contribution in [1.29, 1.82) is 0 Å². The molecule has 0 unspecified atom stereocenters. The van der Waals surface area contributed by atoms with E-state index < -0.39 is 0 Å². The van der Waals surface area contributed by atoms with Crippen LogP contribution in [0.15, 0.2) is 42.5 Å². The fraction of sp³-hybridized carbons (Fsp3) is 0.517. The monoisotopic (exact) mass is 494 g/mol. The number of amides is 2. The molecule has 0 aromatic heterocycles. The zero-order valence-corrected chi connectivity index (χ0v) is 21.5. The van der Waals surface area contributed by atoms with Gasteiger partial charge in [-0.2, -0.15) is 0 Å². The van der Waals surface area contributed by atoms with Crippen LogP contribution in [0.1, 0.15) is 58.3 Å². The van der Waals surface area contributed by atoms with Crippen LogP contribution in [0, 0.1) is 11.8 Å². The molecule has 0 saturated heterocycles. The highest BCUT2D eigenvalue weighted by molar-refractivity contribution is 5.99. The van der Waals surface area contributed by atoms with Gasteiger partial charge in [-0.25, -0.2) is 0 Å². The Morgan fingerprint density at radius 1 is 1.06 bits per heavy atom. The lowest BCUT2D eigenvalue weighted by Crippen LogP contribution is -2.40. The van der Waals surface area contributed by atoms with E-state index in [4.69, 9.17) is 14.2 Å². The maximum atomic E-state index is 12.9. The largest absolute Gasteiger partial charge is 0.497 e. The molecule has 4 rings (SSSR count). The molecule has 0 spiro atoms. The van der Waals surface area contributed by atoms with Crippen LogP contribution in [0.4, 0.5) is 11.4 Å². The summed E-state index contributed by atoms with van der Waals surface area (Å²) in [6, 6.07) is 13.0. The average Bonchev–Trinajstić information content (AvgIpc) is 2.91. The van der Waals surface area contributed by atoms with E-state index in [0.29, 0.717) is 36.7 Å². The first-order chi connectivity index (χ1) is 17.6. The van der Waals surface area contributed by atoms with Gasteiger partial charge < -0.3 is 24.4 Å². The van der Waals surface area contributed by atoms with Crippen LogP contribution < -0.4 is 24.4 Å². The summed E-state index contributed by atoms with van der Waals surface area (Å²) in [4.78, 5) is 27.3. The summed E-state index contributed by atoms with van der Waals surface area (Å²) >= 11 is 0. The van der Waals surface area contributed by atoms with E-state index in [1.54, 1.807) is 12.0 Å². The Morgan fingerprint density at radius 2 is 1.81 bits per heavy atom. The van der Waals surface area contributed by atoms with Gasteiger partial charge in [0.25, 0.3) is 5.91 Å². The molecule has 36 heavy (non-hydrogen) atoms. The summed E-state index contributed by atoms with van der Waals surface area (Å²) in [7, 11) is 1.63. The molecule has 0 atom stereocenters. The summed E-state index contributed by atoms with van der Waals surface area (Å²) in [5, 5.41) is 3.09. The molecule has 2 aromatic carbocycles. The van der Waals surface area contributed by atoms with E-state index in [-0.39, 0.29) is 24.3 Å². The zero-order valence-electron chi connectivity index (χ0n) is 21.5. The van der Waals surface area contributed by atoms with E-state index in [0.717, 1.165) is 43.1 Å². The van der Waals surface area contributed by atoms with Crippen LogP contribution in [0.5, 0.6) is 17.2 Å². The van der Waals surface area contributed by atoms with Crippen LogP contribution >= 0.6 is 0 Å². The second kappa shape index (κ2) is 12.7. The summed E-state index contributed by atoms with van der Waals surface area (Å²) < 4.78 is 16.6. The van der Waals surface area contributed by atoms with Crippen molar-refractivity contribution < 1.29 is 23.8 Å². The number of unbranched alkanes of at least 4 members (excludes halogenated alkanes) is 1. The Hall–Kier alpha value is -3.22. The highest BCUT2D eigenvalue weighted by atomic mass is 16.5. The highest BCUT2D eigenvalue weighted by Gasteiger charge is 2.28. The van der Waals surface area contributed by atoms with Gasteiger partial charge in [0.05, 0.1) is 19.4 Å². The minimum atomic E-state index is -0.0965. The van der Waals surface area contributed by atoms with E-state index in [9.17, 15) is 9.59 Å². The van der Waals surface area contributed by atoms with Crippen LogP contribution in [0.2, 0.25) is 0 Å². The van der Waals surface area contributed by atoms with Gasteiger partial charge in [-0.3, -0.25) is 9.59 Å². The summed E-state index contributed by atoms with van der Waals surface area (Å²) in [6.45, 7) is 3.22. The normalized spacial score (nSPS) is 19.3. The third kappa shape index (κ3) is 6.71. The van der Waals surface area contributed by atoms with Crippen LogP contribution in [-0.4, -0.2) is 38.7 Å². The van der Waals surface area contributed by atoms with E-state index in [1.807, 2.05) is 42.5 Å². The van der Waals surface area contributed by atoms with E-state index in [2.05, 4.69) is 12.2 Å². The molecule has 2 aromatic rings. The second-order valence-electron chi connectivity index (χ2n) is 9.74. The Labute approximate surface area is 214 Å². The molecule has 1 aliphatic heterocycles. The Kier molecular flexibility index (Phi) is 9.09. The first kappa shape index (κ1) is 25.9. The van der Waals surface area contributed by atoms with Crippen molar-refractivity contribution in [3.05, 3.63) is 42.5 Å². The molecule has 1 aliphatic carbocycles. The van der Waals surface area contributed by atoms with Crippen molar-refractivity contribution in [2.24, 2.45) is 11.8 Å².